The van der Waals surface area contributed by atoms with Gasteiger partial charge in [-0.25, -0.2) is 4.98 Å². The summed E-state index contributed by atoms with van der Waals surface area (Å²) < 4.78 is 39.3. The zero-order valence-corrected chi connectivity index (χ0v) is 18.6. The van der Waals surface area contributed by atoms with Gasteiger partial charge in [0.1, 0.15) is 6.54 Å². The van der Waals surface area contributed by atoms with Crippen LogP contribution in [0.3, 0.4) is 0 Å². The molecule has 33 heavy (non-hydrogen) atoms. The van der Waals surface area contributed by atoms with Crippen molar-refractivity contribution in [3.8, 4) is 11.3 Å². The van der Waals surface area contributed by atoms with Gasteiger partial charge in [-0.3, -0.25) is 14.2 Å². The second kappa shape index (κ2) is 9.89. The summed E-state index contributed by atoms with van der Waals surface area (Å²) in [6.07, 6.45) is -3.22. The van der Waals surface area contributed by atoms with E-state index in [1.165, 1.54) is 24.5 Å². The Balaban J connectivity index is 1.70. The minimum Gasteiger partial charge on any atom is -0.372 e. The molecule has 0 aliphatic carbocycles. The van der Waals surface area contributed by atoms with E-state index in [0.717, 1.165) is 41.0 Å². The van der Waals surface area contributed by atoms with Gasteiger partial charge in [0.2, 0.25) is 5.91 Å². The van der Waals surface area contributed by atoms with Crippen molar-refractivity contribution in [2.75, 3.05) is 23.3 Å². The fraction of sp³-hybridized carbons (Fsp3) is 0.292. The van der Waals surface area contributed by atoms with Crippen molar-refractivity contribution in [1.82, 2.24) is 9.55 Å². The van der Waals surface area contributed by atoms with Gasteiger partial charge >= 0.3 is 6.18 Å². The van der Waals surface area contributed by atoms with Gasteiger partial charge in [-0.15, -0.1) is 0 Å². The number of carbonyl (C=O) groups is 1. The quantitative estimate of drug-likeness (QED) is 0.556. The number of nitrogens with zero attached hydrogens (tertiary/aromatic N) is 3. The Morgan fingerprint density at radius 1 is 1.06 bits per heavy atom. The molecule has 1 amide bonds. The molecule has 0 spiro atoms. The van der Waals surface area contributed by atoms with E-state index < -0.39 is 17.3 Å². The average molecular weight is 458 g/mol. The van der Waals surface area contributed by atoms with Crippen LogP contribution in [-0.2, 0) is 17.5 Å². The molecule has 6 nitrogen and oxygen atoms in total. The first-order valence-corrected chi connectivity index (χ1v) is 10.5. The van der Waals surface area contributed by atoms with E-state index >= 15 is 0 Å². The van der Waals surface area contributed by atoms with E-state index in [0.29, 0.717) is 11.3 Å². The van der Waals surface area contributed by atoms with Gasteiger partial charge in [0.05, 0.1) is 17.6 Å². The Morgan fingerprint density at radius 3 is 2.27 bits per heavy atom. The topological polar surface area (TPSA) is 67.2 Å². The zero-order chi connectivity index (χ0) is 24.2. The summed E-state index contributed by atoms with van der Waals surface area (Å²) in [4.78, 5) is 31.2. The van der Waals surface area contributed by atoms with Gasteiger partial charge in [0.15, 0.2) is 0 Å². The van der Waals surface area contributed by atoms with Crippen LogP contribution in [0.15, 0.2) is 59.7 Å². The number of benzene rings is 2. The lowest BCUT2D eigenvalue weighted by molar-refractivity contribution is -0.137. The number of alkyl halides is 3. The lowest BCUT2D eigenvalue weighted by Crippen LogP contribution is -2.27. The maximum atomic E-state index is 12.7. The molecule has 1 aromatic heterocycles. The molecule has 3 rings (SSSR count). The predicted octanol–water partition coefficient (Wildman–Crippen LogP) is 4.72. The third-order valence-electron chi connectivity index (χ3n) is 5.31. The number of hydrogen-bond acceptors (Lipinski definition) is 4. The highest BCUT2D eigenvalue weighted by atomic mass is 19.4. The number of rotatable bonds is 7. The molecule has 174 valence electrons. The molecule has 0 saturated carbocycles. The van der Waals surface area contributed by atoms with Gasteiger partial charge < -0.3 is 10.2 Å². The van der Waals surface area contributed by atoms with E-state index in [1.807, 2.05) is 25.1 Å². The molecule has 0 aliphatic rings. The molecule has 0 saturated heterocycles. The van der Waals surface area contributed by atoms with Gasteiger partial charge in [-0.05, 0) is 56.7 Å². The van der Waals surface area contributed by atoms with Crippen LogP contribution in [0.5, 0.6) is 0 Å². The molecule has 3 aromatic rings. The number of amides is 1. The number of halogens is 3. The average Bonchev–Trinajstić information content (AvgIpc) is 2.77. The van der Waals surface area contributed by atoms with E-state index in [-0.39, 0.29) is 18.1 Å². The molecule has 0 atom stereocenters. The first kappa shape index (κ1) is 24.0. The van der Waals surface area contributed by atoms with Crippen molar-refractivity contribution in [3.05, 3.63) is 76.3 Å². The number of hydrogen-bond donors (Lipinski definition) is 1. The summed E-state index contributed by atoms with van der Waals surface area (Å²) in [7, 11) is 0. The van der Waals surface area contributed by atoms with Crippen molar-refractivity contribution >= 4 is 17.3 Å². The van der Waals surface area contributed by atoms with E-state index in [1.54, 1.807) is 0 Å². The summed E-state index contributed by atoms with van der Waals surface area (Å²) in [6, 6.07) is 11.3. The van der Waals surface area contributed by atoms with Crippen LogP contribution >= 0.6 is 0 Å². The SMILES string of the molecule is CCN(CC)c1ccc(NC(=O)Cn2cnc(-c3ccc(C(F)(F)F)cc3)cc2=O)c(C)c1. The smallest absolute Gasteiger partial charge is 0.372 e. The number of aromatic nitrogens is 2. The lowest BCUT2D eigenvalue weighted by atomic mass is 10.1. The van der Waals surface area contributed by atoms with Gasteiger partial charge in [0, 0.05) is 36.1 Å². The largest absolute Gasteiger partial charge is 0.416 e. The second-order valence-electron chi connectivity index (χ2n) is 7.54. The number of nitrogens with one attached hydrogen (secondary N) is 1. The van der Waals surface area contributed by atoms with Crippen molar-refractivity contribution < 1.29 is 18.0 Å². The maximum absolute atomic E-state index is 12.7. The molecule has 0 radical (unpaired) electrons. The highest BCUT2D eigenvalue weighted by molar-refractivity contribution is 5.91. The Hall–Kier alpha value is -3.62. The van der Waals surface area contributed by atoms with Crippen LogP contribution in [0.2, 0.25) is 0 Å². The molecule has 0 fully saturated rings. The van der Waals surface area contributed by atoms with Crippen LogP contribution in [0, 0.1) is 6.92 Å². The zero-order valence-electron chi connectivity index (χ0n) is 18.6. The number of carbonyl (C=O) groups excluding carboxylic acids is 1. The minimum atomic E-state index is -4.44. The Bertz CT molecular complexity index is 1180. The van der Waals surface area contributed by atoms with Crippen LogP contribution in [0.4, 0.5) is 24.5 Å². The van der Waals surface area contributed by atoms with Crippen LogP contribution in [-0.4, -0.2) is 28.5 Å². The van der Waals surface area contributed by atoms with Gasteiger partial charge in [0.25, 0.3) is 5.56 Å². The normalized spacial score (nSPS) is 11.3. The first-order valence-electron chi connectivity index (χ1n) is 10.5. The molecule has 9 heteroatoms. The highest BCUT2D eigenvalue weighted by Crippen LogP contribution is 2.30. The number of aryl methyl sites for hydroxylation is 1. The Labute approximate surface area is 189 Å². The van der Waals surface area contributed by atoms with E-state index in [9.17, 15) is 22.8 Å². The Morgan fingerprint density at radius 2 is 1.73 bits per heavy atom. The van der Waals surface area contributed by atoms with Gasteiger partial charge in [-0.2, -0.15) is 13.2 Å². The van der Waals surface area contributed by atoms with E-state index in [2.05, 4.69) is 29.0 Å². The molecule has 0 bridgehead atoms. The van der Waals surface area contributed by atoms with Crippen molar-refractivity contribution in [2.45, 2.75) is 33.5 Å². The highest BCUT2D eigenvalue weighted by Gasteiger charge is 2.30. The van der Waals surface area contributed by atoms with E-state index in [4.69, 9.17) is 0 Å². The minimum absolute atomic E-state index is 0.230. The summed E-state index contributed by atoms with van der Waals surface area (Å²) in [5, 5.41) is 2.80. The predicted molar refractivity (Wildman–Crippen MR) is 122 cm³/mol. The molecular formula is C24H25F3N4O2. The molecule has 2 aromatic carbocycles. The lowest BCUT2D eigenvalue weighted by Gasteiger charge is -2.22. The fourth-order valence-electron chi connectivity index (χ4n) is 3.45. The van der Waals surface area contributed by atoms with Crippen molar-refractivity contribution in [3.63, 3.8) is 0 Å². The second-order valence-corrected chi connectivity index (χ2v) is 7.54. The molecular weight excluding hydrogens is 433 g/mol. The summed E-state index contributed by atoms with van der Waals surface area (Å²) in [5.41, 5.74) is 1.96. The third-order valence-corrected chi connectivity index (χ3v) is 5.31. The number of anilines is 2. The molecule has 1 N–H and O–H groups in total. The molecule has 0 aliphatic heterocycles. The van der Waals surface area contributed by atoms with Crippen LogP contribution in [0.25, 0.3) is 11.3 Å². The van der Waals surface area contributed by atoms with Crippen molar-refractivity contribution in [2.24, 2.45) is 0 Å². The summed E-state index contributed by atoms with van der Waals surface area (Å²) >= 11 is 0. The summed E-state index contributed by atoms with van der Waals surface area (Å²) in [6.45, 7) is 7.55. The van der Waals surface area contributed by atoms with Crippen LogP contribution < -0.4 is 15.8 Å². The van der Waals surface area contributed by atoms with Crippen molar-refractivity contribution in [1.29, 1.82) is 0 Å². The monoisotopic (exact) mass is 458 g/mol. The third kappa shape index (κ3) is 5.79. The van der Waals surface area contributed by atoms with Gasteiger partial charge in [-0.1, -0.05) is 12.1 Å². The van der Waals surface area contributed by atoms with Crippen LogP contribution in [0.1, 0.15) is 25.0 Å². The fourth-order valence-corrected chi connectivity index (χ4v) is 3.45. The summed E-state index contributed by atoms with van der Waals surface area (Å²) in [5.74, 6) is -0.389. The first-order chi connectivity index (χ1) is 15.6. The standard InChI is InChI=1S/C24H25F3N4O2/c1-4-30(5-2)19-10-11-20(16(3)12-19)29-22(32)14-31-15-28-21(13-23(31)33)17-6-8-18(9-7-17)24(25,26)27/h6-13,15H,4-5,14H2,1-3H3,(H,29,32). The Kier molecular flexibility index (Phi) is 7.20. The molecule has 1 heterocycles. The molecule has 0 unspecified atom stereocenters. The maximum Gasteiger partial charge on any atom is 0.416 e.